The van der Waals surface area contributed by atoms with Gasteiger partial charge in [-0.25, -0.2) is 0 Å². The lowest BCUT2D eigenvalue weighted by molar-refractivity contribution is 0.279. The maximum atomic E-state index is 5.81. The van der Waals surface area contributed by atoms with Crippen LogP contribution < -0.4 is 5.73 Å². The first kappa shape index (κ1) is 10.2. The predicted molar refractivity (Wildman–Crippen MR) is 47.0 cm³/mol. The highest BCUT2D eigenvalue weighted by atomic mass is 35.5. The van der Waals surface area contributed by atoms with Gasteiger partial charge >= 0.3 is 0 Å². The van der Waals surface area contributed by atoms with Crippen LogP contribution >= 0.6 is 11.6 Å². The summed E-state index contributed by atoms with van der Waals surface area (Å²) in [6.07, 6.45) is 0. The van der Waals surface area contributed by atoms with Crippen molar-refractivity contribution in [3.05, 3.63) is 0 Å². The Kier molecular flexibility index (Phi) is 4.30. The smallest absolute Gasteiger partial charge is 0.0833 e. The van der Waals surface area contributed by atoms with E-state index >= 15 is 0 Å². The molecule has 62 valence electrons. The van der Waals surface area contributed by atoms with Gasteiger partial charge in [0.25, 0.3) is 0 Å². The van der Waals surface area contributed by atoms with E-state index in [4.69, 9.17) is 17.3 Å². The summed E-state index contributed by atoms with van der Waals surface area (Å²) in [5.74, 6) is 1.58. The van der Waals surface area contributed by atoms with Crippen LogP contribution in [0.4, 0.5) is 0 Å². The van der Waals surface area contributed by atoms with Crippen molar-refractivity contribution in [3.63, 3.8) is 0 Å². The van der Waals surface area contributed by atoms with E-state index in [-0.39, 0.29) is 5.50 Å². The van der Waals surface area contributed by atoms with Gasteiger partial charge in [0, 0.05) is 0 Å². The first-order valence-corrected chi connectivity index (χ1v) is 4.30. The van der Waals surface area contributed by atoms with Crippen molar-refractivity contribution in [2.45, 2.75) is 33.2 Å². The molecule has 0 spiro atoms. The Labute approximate surface area is 68.9 Å². The van der Waals surface area contributed by atoms with Crippen LogP contribution in [-0.4, -0.2) is 5.50 Å². The number of hydrogen-bond donors (Lipinski definition) is 1. The first-order chi connectivity index (χ1) is 4.46. The molecule has 0 bridgehead atoms. The van der Waals surface area contributed by atoms with Gasteiger partial charge in [0.05, 0.1) is 5.50 Å². The summed E-state index contributed by atoms with van der Waals surface area (Å²) in [7, 11) is 0. The fourth-order valence-electron chi connectivity index (χ4n) is 1.51. The molecular formula is C8H18ClN. The van der Waals surface area contributed by atoms with Crippen LogP contribution in [0.5, 0.6) is 0 Å². The summed E-state index contributed by atoms with van der Waals surface area (Å²) in [6, 6.07) is 0. The van der Waals surface area contributed by atoms with Gasteiger partial charge in [0.2, 0.25) is 0 Å². The second-order valence-corrected chi connectivity index (χ2v) is 4.01. The van der Waals surface area contributed by atoms with Gasteiger partial charge in [0.15, 0.2) is 0 Å². The third-order valence-electron chi connectivity index (χ3n) is 1.91. The fraction of sp³-hybridized carbons (Fsp3) is 1.00. The van der Waals surface area contributed by atoms with E-state index in [1.165, 1.54) is 0 Å². The topological polar surface area (TPSA) is 26.0 Å². The molecule has 1 nitrogen and oxygen atoms in total. The molecule has 0 fully saturated rings. The maximum Gasteiger partial charge on any atom is 0.0833 e. The highest BCUT2D eigenvalue weighted by Crippen LogP contribution is 2.24. The van der Waals surface area contributed by atoms with Crippen molar-refractivity contribution in [2.24, 2.45) is 23.5 Å². The summed E-state index contributed by atoms with van der Waals surface area (Å²) in [6.45, 7) is 8.64. The molecule has 0 rings (SSSR count). The zero-order valence-electron chi connectivity index (χ0n) is 7.26. The van der Waals surface area contributed by atoms with E-state index < -0.39 is 0 Å². The van der Waals surface area contributed by atoms with Gasteiger partial charge in [-0.1, -0.05) is 27.7 Å². The van der Waals surface area contributed by atoms with Crippen molar-refractivity contribution in [1.82, 2.24) is 0 Å². The fourth-order valence-corrected chi connectivity index (χ4v) is 2.09. The number of rotatable bonds is 3. The largest absolute Gasteiger partial charge is 0.315 e. The average molecular weight is 164 g/mol. The lowest BCUT2D eigenvalue weighted by Crippen LogP contribution is -2.32. The minimum Gasteiger partial charge on any atom is -0.315 e. The van der Waals surface area contributed by atoms with Crippen LogP contribution in [0.1, 0.15) is 27.7 Å². The molecule has 0 aliphatic rings. The lowest BCUT2D eigenvalue weighted by atomic mass is 9.85. The summed E-state index contributed by atoms with van der Waals surface area (Å²) < 4.78 is 0. The molecule has 1 unspecified atom stereocenters. The monoisotopic (exact) mass is 163 g/mol. The van der Waals surface area contributed by atoms with Gasteiger partial charge in [-0.05, 0) is 17.8 Å². The minimum absolute atomic E-state index is 0.194. The van der Waals surface area contributed by atoms with Gasteiger partial charge < -0.3 is 5.73 Å². The summed E-state index contributed by atoms with van der Waals surface area (Å²) in [5, 5.41) is 0. The van der Waals surface area contributed by atoms with Crippen molar-refractivity contribution in [2.75, 3.05) is 0 Å². The summed E-state index contributed by atoms with van der Waals surface area (Å²) in [4.78, 5) is 0. The molecule has 10 heavy (non-hydrogen) atoms. The highest BCUT2D eigenvalue weighted by Gasteiger charge is 2.22. The normalized spacial score (nSPS) is 15.3. The zero-order valence-corrected chi connectivity index (χ0v) is 8.02. The molecular weight excluding hydrogens is 146 g/mol. The van der Waals surface area contributed by atoms with Crippen molar-refractivity contribution in [1.29, 1.82) is 0 Å². The van der Waals surface area contributed by atoms with Crippen molar-refractivity contribution in [3.8, 4) is 0 Å². The van der Waals surface area contributed by atoms with Gasteiger partial charge in [-0.3, -0.25) is 0 Å². The average Bonchev–Trinajstić information content (AvgIpc) is 1.59. The molecule has 0 aliphatic heterocycles. The molecule has 0 saturated carbocycles. The first-order valence-electron chi connectivity index (χ1n) is 3.86. The molecule has 0 saturated heterocycles. The van der Waals surface area contributed by atoms with Gasteiger partial charge in [0.1, 0.15) is 0 Å². The van der Waals surface area contributed by atoms with Crippen LogP contribution in [0.15, 0.2) is 0 Å². The molecule has 0 amide bonds. The molecule has 0 aliphatic carbocycles. The molecule has 2 heteroatoms. The molecule has 0 aromatic carbocycles. The van der Waals surface area contributed by atoms with Crippen LogP contribution in [-0.2, 0) is 0 Å². The SMILES string of the molecule is CC(C)C(C(C)C)C(N)Cl. The van der Waals surface area contributed by atoms with E-state index in [2.05, 4.69) is 27.7 Å². The Balaban J connectivity index is 3.98. The van der Waals surface area contributed by atoms with Crippen LogP contribution in [0.25, 0.3) is 0 Å². The number of halogens is 1. The molecule has 0 heterocycles. The van der Waals surface area contributed by atoms with E-state index in [0.29, 0.717) is 17.8 Å². The van der Waals surface area contributed by atoms with Crippen molar-refractivity contribution >= 4 is 11.6 Å². The Bertz CT molecular complexity index is 70.2. The standard InChI is InChI=1S/C8H18ClN/c1-5(2)7(6(3)4)8(9)10/h5-8H,10H2,1-4H3. The quantitative estimate of drug-likeness (QED) is 0.502. The van der Waals surface area contributed by atoms with E-state index in [0.717, 1.165) is 0 Å². The second-order valence-electron chi connectivity index (χ2n) is 3.51. The van der Waals surface area contributed by atoms with Gasteiger partial charge in [-0.15, -0.1) is 11.6 Å². The van der Waals surface area contributed by atoms with E-state index in [1.807, 2.05) is 0 Å². The molecule has 0 radical (unpaired) electrons. The van der Waals surface area contributed by atoms with Gasteiger partial charge in [-0.2, -0.15) is 0 Å². The molecule has 2 N–H and O–H groups in total. The Morgan fingerprint density at radius 1 is 1.00 bits per heavy atom. The van der Waals surface area contributed by atoms with Crippen LogP contribution in [0.3, 0.4) is 0 Å². The Morgan fingerprint density at radius 3 is 1.30 bits per heavy atom. The van der Waals surface area contributed by atoms with Crippen LogP contribution in [0, 0.1) is 17.8 Å². The number of hydrogen-bond acceptors (Lipinski definition) is 1. The van der Waals surface area contributed by atoms with Crippen molar-refractivity contribution < 1.29 is 0 Å². The molecule has 0 aromatic heterocycles. The second kappa shape index (κ2) is 4.20. The highest BCUT2D eigenvalue weighted by molar-refractivity contribution is 6.20. The summed E-state index contributed by atoms with van der Waals surface area (Å²) >= 11 is 5.81. The zero-order chi connectivity index (χ0) is 8.31. The third-order valence-corrected chi connectivity index (χ3v) is 2.20. The Morgan fingerprint density at radius 2 is 1.30 bits per heavy atom. The number of alkyl halides is 1. The van der Waals surface area contributed by atoms with E-state index in [1.54, 1.807) is 0 Å². The van der Waals surface area contributed by atoms with Crippen LogP contribution in [0.2, 0.25) is 0 Å². The molecule has 0 aromatic rings. The molecule has 1 atom stereocenters. The van der Waals surface area contributed by atoms with E-state index in [9.17, 15) is 0 Å². The Hall–Kier alpha value is 0.250. The maximum absolute atomic E-state index is 5.81. The summed E-state index contributed by atoms with van der Waals surface area (Å²) in [5.41, 5.74) is 5.41. The third kappa shape index (κ3) is 2.89. The lowest BCUT2D eigenvalue weighted by Gasteiger charge is -2.26. The minimum atomic E-state index is -0.194. The number of nitrogens with two attached hydrogens (primary N) is 1. The predicted octanol–water partition coefficient (Wildman–Crippen LogP) is 2.44.